The van der Waals surface area contributed by atoms with Gasteiger partial charge in [0.2, 0.25) is 0 Å². The summed E-state index contributed by atoms with van der Waals surface area (Å²) >= 11 is 0. The number of pyridine rings is 1. The first-order valence-electron chi connectivity index (χ1n) is 7.84. The molecule has 3 aromatic carbocycles. The SMILES string of the molecule is Cc1ccc(-c2nc(N)c3ccc4ncnc5ccc2c3c45)cc1. The largest absolute Gasteiger partial charge is 0.383 e. The summed E-state index contributed by atoms with van der Waals surface area (Å²) in [5.74, 6) is 0.538. The molecule has 2 N–H and O–H groups in total. The molecular weight excluding hydrogens is 296 g/mol. The number of nitrogens with zero attached hydrogens (tertiary/aromatic N) is 3. The van der Waals surface area contributed by atoms with Crippen molar-refractivity contribution in [1.82, 2.24) is 15.0 Å². The predicted molar refractivity (Wildman–Crippen MR) is 98.1 cm³/mol. The molecule has 5 rings (SSSR count). The number of hydrogen-bond donors (Lipinski definition) is 1. The summed E-state index contributed by atoms with van der Waals surface area (Å²) in [6, 6.07) is 16.4. The van der Waals surface area contributed by atoms with Crippen molar-refractivity contribution in [2.24, 2.45) is 0 Å². The van der Waals surface area contributed by atoms with Gasteiger partial charge in [0, 0.05) is 27.1 Å². The average Bonchev–Trinajstić information content (AvgIpc) is 2.61. The highest BCUT2D eigenvalue weighted by Gasteiger charge is 2.16. The number of hydrogen-bond acceptors (Lipinski definition) is 4. The fourth-order valence-electron chi connectivity index (χ4n) is 3.41. The van der Waals surface area contributed by atoms with Crippen LogP contribution < -0.4 is 5.73 Å². The lowest BCUT2D eigenvalue weighted by molar-refractivity contribution is 1.26. The smallest absolute Gasteiger partial charge is 0.132 e. The first-order chi connectivity index (χ1) is 11.7. The van der Waals surface area contributed by atoms with Gasteiger partial charge >= 0.3 is 0 Å². The molecule has 0 aliphatic heterocycles. The minimum Gasteiger partial charge on any atom is -0.383 e. The lowest BCUT2D eigenvalue weighted by Gasteiger charge is -2.14. The summed E-state index contributed by atoms with van der Waals surface area (Å²) in [5, 5.41) is 4.17. The summed E-state index contributed by atoms with van der Waals surface area (Å²) < 4.78 is 0. The molecule has 0 atom stereocenters. The Morgan fingerprint density at radius 2 is 1.42 bits per heavy atom. The molecule has 0 aliphatic rings. The van der Waals surface area contributed by atoms with Gasteiger partial charge in [-0.25, -0.2) is 15.0 Å². The van der Waals surface area contributed by atoms with Crippen LogP contribution in [0.3, 0.4) is 0 Å². The van der Waals surface area contributed by atoms with Crippen molar-refractivity contribution in [3.05, 3.63) is 60.4 Å². The van der Waals surface area contributed by atoms with Crippen LogP contribution in [0.2, 0.25) is 0 Å². The minimum absolute atomic E-state index is 0.538. The molecule has 4 heteroatoms. The van der Waals surface area contributed by atoms with E-state index in [1.165, 1.54) is 5.56 Å². The number of aryl methyl sites for hydroxylation is 1. The predicted octanol–water partition coefficient (Wildman–Crippen LogP) is 4.33. The Kier molecular flexibility index (Phi) is 2.54. The fourth-order valence-corrected chi connectivity index (χ4v) is 3.41. The van der Waals surface area contributed by atoms with E-state index in [9.17, 15) is 0 Å². The van der Waals surface area contributed by atoms with E-state index in [4.69, 9.17) is 10.7 Å². The Morgan fingerprint density at radius 1 is 0.750 bits per heavy atom. The van der Waals surface area contributed by atoms with Gasteiger partial charge in [0.1, 0.15) is 12.1 Å². The quantitative estimate of drug-likeness (QED) is 0.468. The van der Waals surface area contributed by atoms with Crippen LogP contribution in [0.5, 0.6) is 0 Å². The average molecular weight is 310 g/mol. The van der Waals surface area contributed by atoms with E-state index in [0.29, 0.717) is 5.82 Å². The Labute approximate surface area is 138 Å². The number of rotatable bonds is 1. The second kappa shape index (κ2) is 4.61. The molecule has 2 aromatic heterocycles. The third-order valence-corrected chi connectivity index (χ3v) is 4.60. The fraction of sp³-hybridized carbons (Fsp3) is 0.0500. The Bertz CT molecular complexity index is 1190. The molecule has 24 heavy (non-hydrogen) atoms. The molecule has 0 fully saturated rings. The topological polar surface area (TPSA) is 64.7 Å². The summed E-state index contributed by atoms with van der Waals surface area (Å²) in [7, 11) is 0. The maximum atomic E-state index is 6.28. The molecule has 5 aromatic rings. The van der Waals surface area contributed by atoms with Gasteiger partial charge in [-0.1, -0.05) is 29.8 Å². The van der Waals surface area contributed by atoms with E-state index in [1.54, 1.807) is 6.33 Å². The monoisotopic (exact) mass is 310 g/mol. The second-order valence-electron chi connectivity index (χ2n) is 6.10. The van der Waals surface area contributed by atoms with Crippen LogP contribution in [0.25, 0.3) is 43.8 Å². The van der Waals surface area contributed by atoms with Crippen LogP contribution in [-0.2, 0) is 0 Å². The first kappa shape index (κ1) is 13.2. The normalized spacial score (nSPS) is 11.7. The van der Waals surface area contributed by atoms with Gasteiger partial charge in [-0.2, -0.15) is 0 Å². The molecule has 0 radical (unpaired) electrons. The molecular formula is C20H14N4. The number of aromatic nitrogens is 3. The summed E-state index contributed by atoms with van der Waals surface area (Å²) in [6.45, 7) is 2.08. The zero-order valence-electron chi connectivity index (χ0n) is 13.1. The lowest BCUT2D eigenvalue weighted by Crippen LogP contribution is -1.98. The van der Waals surface area contributed by atoms with Crippen LogP contribution in [0.1, 0.15) is 5.56 Å². The van der Waals surface area contributed by atoms with Crippen LogP contribution in [0, 0.1) is 6.92 Å². The van der Waals surface area contributed by atoms with E-state index in [1.807, 2.05) is 18.2 Å². The van der Waals surface area contributed by atoms with Gasteiger partial charge in [0.25, 0.3) is 0 Å². The third-order valence-electron chi connectivity index (χ3n) is 4.60. The zero-order chi connectivity index (χ0) is 16.3. The highest BCUT2D eigenvalue weighted by atomic mass is 14.9. The highest BCUT2D eigenvalue weighted by molar-refractivity contribution is 6.25. The molecule has 0 unspecified atom stereocenters. The second-order valence-corrected chi connectivity index (χ2v) is 6.10. The third kappa shape index (κ3) is 1.71. The molecule has 0 amide bonds. The van der Waals surface area contributed by atoms with Gasteiger partial charge in [0.15, 0.2) is 0 Å². The van der Waals surface area contributed by atoms with Crippen molar-refractivity contribution in [3.8, 4) is 11.3 Å². The van der Waals surface area contributed by atoms with Gasteiger partial charge in [-0.15, -0.1) is 0 Å². The van der Waals surface area contributed by atoms with Gasteiger partial charge < -0.3 is 5.73 Å². The van der Waals surface area contributed by atoms with Crippen molar-refractivity contribution >= 4 is 38.4 Å². The lowest BCUT2D eigenvalue weighted by atomic mass is 9.95. The zero-order valence-corrected chi connectivity index (χ0v) is 13.1. The van der Waals surface area contributed by atoms with E-state index >= 15 is 0 Å². The minimum atomic E-state index is 0.538. The Hall–Kier alpha value is -3.27. The number of nitrogen functional groups attached to an aromatic ring is 1. The summed E-state index contributed by atoms with van der Waals surface area (Å²) in [4.78, 5) is 13.5. The standard InChI is InChI=1S/C20H14N4/c1-11-2-4-12(5-3-11)19-13-6-8-15-18-16(23-10-22-15)9-7-14(17(13)18)20(21)24-19/h2-10H,1H3,(H2,21,24). The number of nitrogens with two attached hydrogens (primary N) is 1. The Balaban J connectivity index is 2.00. The van der Waals surface area contributed by atoms with E-state index in [2.05, 4.69) is 47.2 Å². The van der Waals surface area contributed by atoms with E-state index in [-0.39, 0.29) is 0 Å². The van der Waals surface area contributed by atoms with Crippen LogP contribution >= 0.6 is 0 Å². The van der Waals surface area contributed by atoms with Crippen LogP contribution in [0.4, 0.5) is 5.82 Å². The molecule has 4 nitrogen and oxygen atoms in total. The molecule has 0 saturated carbocycles. The molecule has 0 bridgehead atoms. The van der Waals surface area contributed by atoms with Gasteiger partial charge in [-0.3, -0.25) is 0 Å². The van der Waals surface area contributed by atoms with Crippen molar-refractivity contribution in [1.29, 1.82) is 0 Å². The number of anilines is 1. The van der Waals surface area contributed by atoms with E-state index < -0.39 is 0 Å². The molecule has 0 aliphatic carbocycles. The molecule has 2 heterocycles. The summed E-state index contributed by atoms with van der Waals surface area (Å²) in [6.07, 6.45) is 1.60. The maximum Gasteiger partial charge on any atom is 0.132 e. The maximum absolute atomic E-state index is 6.28. The first-order valence-corrected chi connectivity index (χ1v) is 7.84. The van der Waals surface area contributed by atoms with Gasteiger partial charge in [-0.05, 0) is 31.2 Å². The van der Waals surface area contributed by atoms with E-state index in [0.717, 1.165) is 43.8 Å². The van der Waals surface area contributed by atoms with Crippen LogP contribution in [0.15, 0.2) is 54.9 Å². The molecule has 114 valence electrons. The van der Waals surface area contributed by atoms with Crippen LogP contribution in [-0.4, -0.2) is 15.0 Å². The summed E-state index contributed by atoms with van der Waals surface area (Å²) in [5.41, 5.74) is 11.3. The Morgan fingerprint density at radius 3 is 2.12 bits per heavy atom. The number of benzene rings is 3. The highest BCUT2D eigenvalue weighted by Crippen LogP contribution is 2.39. The van der Waals surface area contributed by atoms with Crippen molar-refractivity contribution in [2.75, 3.05) is 5.73 Å². The molecule has 0 saturated heterocycles. The van der Waals surface area contributed by atoms with Crippen molar-refractivity contribution < 1.29 is 0 Å². The van der Waals surface area contributed by atoms with Gasteiger partial charge in [0.05, 0.1) is 16.7 Å². The molecule has 0 spiro atoms. The van der Waals surface area contributed by atoms with Crippen molar-refractivity contribution in [3.63, 3.8) is 0 Å². The van der Waals surface area contributed by atoms with Crippen molar-refractivity contribution in [2.45, 2.75) is 6.92 Å².